The van der Waals surface area contributed by atoms with Crippen molar-refractivity contribution in [3.05, 3.63) is 47.8 Å². The van der Waals surface area contributed by atoms with Crippen molar-refractivity contribution in [1.29, 1.82) is 0 Å². The van der Waals surface area contributed by atoms with Crippen LogP contribution < -0.4 is 9.04 Å². The lowest BCUT2D eigenvalue weighted by molar-refractivity contribution is -0.118. The Morgan fingerprint density at radius 1 is 1.29 bits per heavy atom. The highest BCUT2D eigenvalue weighted by atomic mass is 32.2. The smallest absolute Gasteiger partial charge is 0.240 e. The van der Waals surface area contributed by atoms with E-state index in [1.54, 1.807) is 31.4 Å². The first-order chi connectivity index (χ1) is 13.3. The van der Waals surface area contributed by atoms with E-state index >= 15 is 0 Å². The van der Waals surface area contributed by atoms with Crippen molar-refractivity contribution in [2.24, 2.45) is 0 Å². The van der Waals surface area contributed by atoms with Gasteiger partial charge in [-0.3, -0.25) is 4.79 Å². The maximum Gasteiger partial charge on any atom is 0.240 e. The molecule has 28 heavy (non-hydrogen) atoms. The molecule has 0 bridgehead atoms. The molecule has 1 atom stereocenters. The van der Waals surface area contributed by atoms with E-state index in [1.807, 2.05) is 0 Å². The Hall–Kier alpha value is -2.55. The van der Waals surface area contributed by atoms with Gasteiger partial charge in [0.15, 0.2) is 6.29 Å². The molecule has 3 rings (SSSR count). The number of halogens is 1. The summed E-state index contributed by atoms with van der Waals surface area (Å²) in [5.41, 5.74) is -1.73. The number of hydrogen-bond donors (Lipinski definition) is 0. The number of ether oxygens (including phenoxy) is 1. The number of nitrogens with zero attached hydrogens (tertiary/aromatic N) is 3. The van der Waals surface area contributed by atoms with Crippen molar-refractivity contribution in [2.75, 3.05) is 11.4 Å². The van der Waals surface area contributed by atoms with Crippen LogP contribution in [0.15, 0.2) is 36.5 Å². The summed E-state index contributed by atoms with van der Waals surface area (Å²) in [6.07, 6.45) is 2.48. The molecule has 1 aliphatic rings. The summed E-state index contributed by atoms with van der Waals surface area (Å²) < 4.78 is 46.9. The molecular formula is C19H22FN3O4S. The molecule has 1 aromatic carbocycles. The Labute approximate surface area is 163 Å². The maximum atomic E-state index is 14.8. The molecule has 1 unspecified atom stereocenters. The van der Waals surface area contributed by atoms with Crippen LogP contribution in [0.25, 0.3) is 0 Å². The van der Waals surface area contributed by atoms with Gasteiger partial charge in [0.1, 0.15) is 5.75 Å². The van der Waals surface area contributed by atoms with Gasteiger partial charge in [0, 0.05) is 6.20 Å². The Bertz CT molecular complexity index is 948. The highest BCUT2D eigenvalue weighted by Gasteiger charge is 2.42. The molecule has 150 valence electrons. The van der Waals surface area contributed by atoms with E-state index in [0.717, 1.165) is 4.31 Å². The van der Waals surface area contributed by atoms with Gasteiger partial charge >= 0.3 is 0 Å². The van der Waals surface area contributed by atoms with Crippen LogP contribution in [0.3, 0.4) is 0 Å². The SMILES string of the molecule is CCC(F)(C=O)c1ccnc(N(Cc2ccc(OC)cc2)S(=O)(=O)C2CC2)n1. The van der Waals surface area contributed by atoms with Crippen molar-refractivity contribution in [1.82, 2.24) is 9.97 Å². The molecule has 0 radical (unpaired) electrons. The summed E-state index contributed by atoms with van der Waals surface area (Å²) in [4.78, 5) is 19.4. The molecule has 0 aliphatic heterocycles. The minimum absolute atomic E-state index is 0.00121. The van der Waals surface area contributed by atoms with Crippen LogP contribution in [-0.2, 0) is 27.0 Å². The van der Waals surface area contributed by atoms with Gasteiger partial charge in [-0.05, 0) is 43.0 Å². The zero-order chi connectivity index (χ0) is 20.4. The van der Waals surface area contributed by atoms with Crippen LogP contribution in [-0.4, -0.2) is 37.0 Å². The number of carbonyl (C=O) groups excluding carboxylic acids is 1. The highest BCUT2D eigenvalue weighted by molar-refractivity contribution is 7.93. The van der Waals surface area contributed by atoms with Crippen LogP contribution in [0, 0.1) is 0 Å². The van der Waals surface area contributed by atoms with Crippen LogP contribution in [0.1, 0.15) is 37.4 Å². The average Bonchev–Trinajstić information content (AvgIpc) is 3.58. The quantitative estimate of drug-likeness (QED) is 0.594. The van der Waals surface area contributed by atoms with Crippen molar-refractivity contribution in [3.8, 4) is 5.75 Å². The monoisotopic (exact) mass is 407 g/mol. The Balaban J connectivity index is 2.01. The number of sulfonamides is 1. The molecule has 9 heteroatoms. The number of benzene rings is 1. The van der Waals surface area contributed by atoms with E-state index in [9.17, 15) is 17.6 Å². The third-order valence-electron chi connectivity index (χ3n) is 4.73. The summed E-state index contributed by atoms with van der Waals surface area (Å²) in [7, 11) is -2.16. The molecule has 1 heterocycles. The van der Waals surface area contributed by atoms with Gasteiger partial charge in [-0.1, -0.05) is 19.1 Å². The standard InChI is InChI=1S/C19H22FN3O4S/c1-3-19(20,13-24)17-10-11-21-18(22-17)23(28(25,26)16-8-9-16)12-14-4-6-15(27-2)7-5-14/h4-7,10-11,13,16H,3,8-9,12H2,1-2H3. The molecule has 0 N–H and O–H groups in total. The van der Waals surface area contributed by atoms with E-state index in [2.05, 4.69) is 9.97 Å². The van der Waals surface area contributed by atoms with E-state index in [-0.39, 0.29) is 30.9 Å². The number of rotatable bonds is 9. The molecule has 0 spiro atoms. The minimum atomic E-state index is -3.70. The Morgan fingerprint density at radius 3 is 2.50 bits per heavy atom. The van der Waals surface area contributed by atoms with Crippen molar-refractivity contribution < 1.29 is 22.3 Å². The largest absolute Gasteiger partial charge is 0.497 e. The maximum absolute atomic E-state index is 14.8. The van der Waals surface area contributed by atoms with Gasteiger partial charge in [-0.15, -0.1) is 0 Å². The molecule has 1 saturated carbocycles. The van der Waals surface area contributed by atoms with Crippen molar-refractivity contribution >= 4 is 22.3 Å². The van der Waals surface area contributed by atoms with E-state index in [4.69, 9.17) is 4.74 Å². The second-order valence-electron chi connectivity index (χ2n) is 6.67. The van der Waals surface area contributed by atoms with Gasteiger partial charge in [-0.2, -0.15) is 0 Å². The van der Waals surface area contributed by atoms with Crippen molar-refractivity contribution in [2.45, 2.75) is 43.6 Å². The van der Waals surface area contributed by atoms with Gasteiger partial charge in [0.05, 0.1) is 24.6 Å². The van der Waals surface area contributed by atoms with E-state index in [1.165, 1.54) is 19.2 Å². The molecule has 7 nitrogen and oxygen atoms in total. The molecule has 2 aromatic rings. The fraction of sp³-hybridized carbons (Fsp3) is 0.421. The molecule has 0 saturated heterocycles. The fourth-order valence-corrected chi connectivity index (χ4v) is 4.48. The molecule has 1 aromatic heterocycles. The number of carbonyl (C=O) groups is 1. The normalized spacial score (nSPS) is 16.2. The Kier molecular flexibility index (Phi) is 5.64. The predicted octanol–water partition coefficient (Wildman–Crippen LogP) is 2.76. The van der Waals surface area contributed by atoms with Gasteiger partial charge in [-0.25, -0.2) is 27.1 Å². The first-order valence-electron chi connectivity index (χ1n) is 8.97. The third-order valence-corrected chi connectivity index (χ3v) is 6.95. The fourth-order valence-electron chi connectivity index (χ4n) is 2.74. The van der Waals surface area contributed by atoms with Gasteiger partial charge in [0.2, 0.25) is 21.6 Å². The summed E-state index contributed by atoms with van der Waals surface area (Å²) in [6.45, 7) is 1.52. The van der Waals surface area contributed by atoms with E-state index in [0.29, 0.717) is 24.2 Å². The predicted molar refractivity (Wildman–Crippen MR) is 102 cm³/mol. The molecule has 1 fully saturated rings. The zero-order valence-electron chi connectivity index (χ0n) is 15.7. The van der Waals surface area contributed by atoms with Gasteiger partial charge in [0.25, 0.3) is 0 Å². The first-order valence-corrected chi connectivity index (χ1v) is 10.5. The lowest BCUT2D eigenvalue weighted by atomic mass is 10.0. The highest BCUT2D eigenvalue weighted by Crippen LogP contribution is 2.34. The lowest BCUT2D eigenvalue weighted by Gasteiger charge is -2.24. The zero-order valence-corrected chi connectivity index (χ0v) is 16.5. The van der Waals surface area contributed by atoms with Crippen LogP contribution in [0.2, 0.25) is 0 Å². The topological polar surface area (TPSA) is 89.5 Å². The minimum Gasteiger partial charge on any atom is -0.497 e. The molecule has 0 amide bonds. The molecule has 1 aliphatic carbocycles. The average molecular weight is 407 g/mol. The molecular weight excluding hydrogens is 385 g/mol. The number of aromatic nitrogens is 2. The second kappa shape index (κ2) is 7.83. The van der Waals surface area contributed by atoms with Crippen LogP contribution in [0.4, 0.5) is 10.3 Å². The lowest BCUT2D eigenvalue weighted by Crippen LogP contribution is -2.35. The summed E-state index contributed by atoms with van der Waals surface area (Å²) in [5.74, 6) is 0.507. The Morgan fingerprint density at radius 2 is 1.96 bits per heavy atom. The third kappa shape index (κ3) is 3.99. The number of methoxy groups -OCH3 is 1. The first kappa shape index (κ1) is 20.2. The summed E-state index contributed by atoms with van der Waals surface area (Å²) in [6, 6.07) is 8.23. The summed E-state index contributed by atoms with van der Waals surface area (Å²) >= 11 is 0. The number of anilines is 1. The number of hydrogen-bond acceptors (Lipinski definition) is 6. The van der Waals surface area contributed by atoms with Gasteiger partial charge < -0.3 is 4.74 Å². The second-order valence-corrected chi connectivity index (χ2v) is 8.81. The van der Waals surface area contributed by atoms with E-state index < -0.39 is 20.9 Å². The van der Waals surface area contributed by atoms with Crippen molar-refractivity contribution in [3.63, 3.8) is 0 Å². The van der Waals surface area contributed by atoms with Crippen LogP contribution >= 0.6 is 0 Å². The number of alkyl halides is 1. The summed E-state index contributed by atoms with van der Waals surface area (Å²) in [5, 5.41) is -0.495. The number of aldehydes is 1. The van der Waals surface area contributed by atoms with Crippen LogP contribution in [0.5, 0.6) is 5.75 Å².